The Morgan fingerprint density at radius 1 is 1.38 bits per heavy atom. The summed E-state index contributed by atoms with van der Waals surface area (Å²) in [5.74, 6) is 0. The highest BCUT2D eigenvalue weighted by atomic mass is 32.2. The van der Waals surface area contributed by atoms with Crippen LogP contribution < -0.4 is 5.32 Å². The minimum Gasteiger partial charge on any atom is -0.383 e. The van der Waals surface area contributed by atoms with Crippen LogP contribution in [-0.2, 0) is 16.3 Å². The van der Waals surface area contributed by atoms with E-state index in [-0.39, 0.29) is 5.25 Å². The molecule has 2 rings (SSSR count). The van der Waals surface area contributed by atoms with Gasteiger partial charge in [-0.2, -0.15) is 0 Å². The van der Waals surface area contributed by atoms with Gasteiger partial charge >= 0.3 is 0 Å². The fourth-order valence-electron chi connectivity index (χ4n) is 2.04. The molecular formula is C12H17NO2S. The largest absolute Gasteiger partial charge is 0.383 e. The zero-order valence-electron chi connectivity index (χ0n) is 9.66. The third-order valence-electron chi connectivity index (χ3n) is 3.18. The van der Waals surface area contributed by atoms with Crippen molar-refractivity contribution in [3.05, 3.63) is 23.8 Å². The standard InChI is InChI=1S/C12H17NO2S/c1-3-9-5-6-11-12(7-9)16(14,15)10(4-2)8-13-11/h5-7,10,13H,3-4,8H2,1-2H3. The number of rotatable bonds is 2. The van der Waals surface area contributed by atoms with Gasteiger partial charge in [0.25, 0.3) is 0 Å². The molecule has 0 amide bonds. The molecule has 4 heteroatoms. The van der Waals surface area contributed by atoms with Gasteiger partial charge in [-0.05, 0) is 30.5 Å². The van der Waals surface area contributed by atoms with E-state index in [0.717, 1.165) is 17.7 Å². The molecule has 0 fully saturated rings. The lowest BCUT2D eigenvalue weighted by molar-refractivity contribution is 0.574. The van der Waals surface area contributed by atoms with Gasteiger partial charge in [-0.1, -0.05) is 19.9 Å². The Balaban J connectivity index is 2.56. The van der Waals surface area contributed by atoms with E-state index in [4.69, 9.17) is 0 Å². The van der Waals surface area contributed by atoms with Crippen molar-refractivity contribution in [3.8, 4) is 0 Å². The minimum atomic E-state index is -3.13. The van der Waals surface area contributed by atoms with Crippen molar-refractivity contribution < 1.29 is 8.42 Å². The summed E-state index contributed by atoms with van der Waals surface area (Å²) in [5, 5.41) is 2.91. The zero-order valence-corrected chi connectivity index (χ0v) is 10.5. The third-order valence-corrected chi connectivity index (χ3v) is 5.50. The van der Waals surface area contributed by atoms with Gasteiger partial charge in [-0.3, -0.25) is 0 Å². The van der Waals surface area contributed by atoms with Crippen LogP contribution in [0.25, 0.3) is 0 Å². The third kappa shape index (κ3) is 1.71. The van der Waals surface area contributed by atoms with Gasteiger partial charge in [0, 0.05) is 6.54 Å². The molecule has 0 aliphatic carbocycles. The second-order valence-corrected chi connectivity index (χ2v) is 6.34. The molecule has 1 unspecified atom stereocenters. The number of hydrogen-bond donors (Lipinski definition) is 1. The second-order valence-electron chi connectivity index (χ2n) is 4.14. The first kappa shape index (κ1) is 11.5. The molecule has 1 aromatic carbocycles. The van der Waals surface area contributed by atoms with Crippen molar-refractivity contribution in [2.45, 2.75) is 36.8 Å². The summed E-state index contributed by atoms with van der Waals surface area (Å²) in [6.07, 6.45) is 1.52. The molecule has 0 saturated carbocycles. The highest BCUT2D eigenvalue weighted by molar-refractivity contribution is 7.92. The van der Waals surface area contributed by atoms with E-state index in [1.165, 1.54) is 0 Å². The van der Waals surface area contributed by atoms with Crippen LogP contribution in [0.2, 0.25) is 0 Å². The smallest absolute Gasteiger partial charge is 0.184 e. The lowest BCUT2D eigenvalue weighted by atomic mass is 10.1. The van der Waals surface area contributed by atoms with Gasteiger partial charge in [0.1, 0.15) is 0 Å². The van der Waals surface area contributed by atoms with E-state index in [2.05, 4.69) is 5.32 Å². The number of hydrogen-bond acceptors (Lipinski definition) is 3. The number of anilines is 1. The molecule has 1 aliphatic rings. The Morgan fingerprint density at radius 2 is 2.12 bits per heavy atom. The van der Waals surface area contributed by atoms with Gasteiger partial charge in [0.15, 0.2) is 9.84 Å². The predicted octanol–water partition coefficient (Wildman–Crippen LogP) is 2.23. The molecular weight excluding hydrogens is 222 g/mol. The summed E-state index contributed by atoms with van der Waals surface area (Å²) < 4.78 is 24.5. The average Bonchev–Trinajstić information content (AvgIpc) is 2.29. The highest BCUT2D eigenvalue weighted by Crippen LogP contribution is 2.31. The number of sulfone groups is 1. The van der Waals surface area contributed by atoms with E-state index in [9.17, 15) is 8.42 Å². The Labute approximate surface area is 96.8 Å². The Bertz CT molecular complexity index is 494. The number of benzene rings is 1. The van der Waals surface area contributed by atoms with Crippen LogP contribution in [0.1, 0.15) is 25.8 Å². The molecule has 1 aliphatic heterocycles. The zero-order chi connectivity index (χ0) is 11.8. The van der Waals surface area contributed by atoms with Crippen LogP contribution in [0.15, 0.2) is 23.1 Å². The van der Waals surface area contributed by atoms with Gasteiger partial charge in [-0.15, -0.1) is 0 Å². The van der Waals surface area contributed by atoms with Crippen molar-refractivity contribution in [1.82, 2.24) is 0 Å². The molecule has 0 radical (unpaired) electrons. The summed E-state index contributed by atoms with van der Waals surface area (Å²) in [4.78, 5) is 0.477. The van der Waals surface area contributed by atoms with Gasteiger partial charge in [-0.25, -0.2) is 8.42 Å². The molecule has 1 aromatic rings. The van der Waals surface area contributed by atoms with E-state index >= 15 is 0 Å². The number of nitrogens with one attached hydrogen (secondary N) is 1. The summed E-state index contributed by atoms with van der Waals surface area (Å²) in [6.45, 7) is 4.47. The van der Waals surface area contributed by atoms with Crippen molar-refractivity contribution >= 4 is 15.5 Å². The number of aryl methyl sites for hydroxylation is 1. The molecule has 0 saturated heterocycles. The SMILES string of the molecule is CCc1ccc2c(c1)S(=O)(=O)C(CC)CN2. The first-order valence-corrected chi connectivity index (χ1v) is 7.25. The van der Waals surface area contributed by atoms with Crippen molar-refractivity contribution in [3.63, 3.8) is 0 Å². The van der Waals surface area contributed by atoms with Crippen molar-refractivity contribution in [1.29, 1.82) is 0 Å². The topological polar surface area (TPSA) is 46.2 Å². The fraction of sp³-hybridized carbons (Fsp3) is 0.500. The molecule has 1 N–H and O–H groups in total. The fourth-order valence-corrected chi connectivity index (χ4v) is 3.91. The maximum Gasteiger partial charge on any atom is 0.184 e. The Kier molecular flexibility index (Phi) is 2.93. The molecule has 3 nitrogen and oxygen atoms in total. The molecule has 16 heavy (non-hydrogen) atoms. The minimum absolute atomic E-state index is 0.285. The van der Waals surface area contributed by atoms with Crippen LogP contribution in [0, 0.1) is 0 Å². The summed E-state index contributed by atoms with van der Waals surface area (Å²) >= 11 is 0. The van der Waals surface area contributed by atoms with Crippen LogP contribution in [-0.4, -0.2) is 20.2 Å². The van der Waals surface area contributed by atoms with Crippen LogP contribution in [0.5, 0.6) is 0 Å². The molecule has 0 bridgehead atoms. The Hall–Kier alpha value is -1.03. The highest BCUT2D eigenvalue weighted by Gasteiger charge is 2.32. The van der Waals surface area contributed by atoms with Crippen LogP contribution >= 0.6 is 0 Å². The van der Waals surface area contributed by atoms with Gasteiger partial charge < -0.3 is 5.32 Å². The van der Waals surface area contributed by atoms with E-state index < -0.39 is 9.84 Å². The Morgan fingerprint density at radius 3 is 2.75 bits per heavy atom. The summed E-state index contributed by atoms with van der Waals surface area (Å²) in [5.41, 5.74) is 1.82. The second kappa shape index (κ2) is 4.09. The lowest BCUT2D eigenvalue weighted by Gasteiger charge is -2.25. The quantitative estimate of drug-likeness (QED) is 0.860. The van der Waals surface area contributed by atoms with Crippen molar-refractivity contribution in [2.24, 2.45) is 0 Å². The monoisotopic (exact) mass is 239 g/mol. The van der Waals surface area contributed by atoms with Crippen molar-refractivity contribution in [2.75, 3.05) is 11.9 Å². The van der Waals surface area contributed by atoms with Crippen LogP contribution in [0.3, 0.4) is 0 Å². The average molecular weight is 239 g/mol. The predicted molar refractivity (Wildman–Crippen MR) is 65.6 cm³/mol. The van der Waals surface area contributed by atoms with Crippen LogP contribution in [0.4, 0.5) is 5.69 Å². The van der Waals surface area contributed by atoms with E-state index in [1.807, 2.05) is 26.0 Å². The maximum absolute atomic E-state index is 12.3. The van der Waals surface area contributed by atoms with E-state index in [0.29, 0.717) is 17.9 Å². The van der Waals surface area contributed by atoms with Gasteiger partial charge in [0.2, 0.25) is 0 Å². The summed E-state index contributed by atoms with van der Waals surface area (Å²) in [6, 6.07) is 5.66. The molecule has 88 valence electrons. The maximum atomic E-state index is 12.3. The molecule has 1 heterocycles. The number of fused-ring (bicyclic) bond motifs is 1. The normalized spacial score (nSPS) is 22.2. The first-order chi connectivity index (χ1) is 7.59. The summed E-state index contributed by atoms with van der Waals surface area (Å²) in [7, 11) is -3.13. The van der Waals surface area contributed by atoms with Gasteiger partial charge in [0.05, 0.1) is 15.8 Å². The molecule has 0 spiro atoms. The van der Waals surface area contributed by atoms with E-state index in [1.54, 1.807) is 6.07 Å². The molecule has 0 aromatic heterocycles. The first-order valence-electron chi connectivity index (χ1n) is 5.70. The lowest BCUT2D eigenvalue weighted by Crippen LogP contribution is -2.33. The molecule has 1 atom stereocenters.